The standard InChI is InChI=1S/C16H27N3O2/c1-5-21-15(20)16(2,17-3)9-13-19(4)12-8-14-6-10-18-11-7-14/h6-7,10-11,17H,5,8-9,12-13H2,1-4H3. The van der Waals surface area contributed by atoms with Crippen LogP contribution in [-0.2, 0) is 16.0 Å². The molecule has 1 heterocycles. The summed E-state index contributed by atoms with van der Waals surface area (Å²) in [5.74, 6) is -0.185. The fraction of sp³-hybridized carbons (Fsp3) is 0.625. The number of ether oxygens (including phenoxy) is 1. The quantitative estimate of drug-likeness (QED) is 0.699. The number of carbonyl (C=O) groups is 1. The summed E-state index contributed by atoms with van der Waals surface area (Å²) in [6.07, 6.45) is 5.33. The maximum atomic E-state index is 12.0. The Kier molecular flexibility index (Phi) is 7.32. The number of esters is 1. The van der Waals surface area contributed by atoms with Crippen LogP contribution in [0.25, 0.3) is 0 Å². The zero-order chi connectivity index (χ0) is 15.7. The highest BCUT2D eigenvalue weighted by Gasteiger charge is 2.32. The molecule has 0 aromatic carbocycles. The molecule has 0 saturated heterocycles. The number of carbonyl (C=O) groups excluding carboxylic acids is 1. The molecule has 1 N–H and O–H groups in total. The monoisotopic (exact) mass is 293 g/mol. The maximum Gasteiger partial charge on any atom is 0.326 e. The van der Waals surface area contributed by atoms with E-state index in [1.165, 1.54) is 5.56 Å². The fourth-order valence-corrected chi connectivity index (χ4v) is 2.02. The van der Waals surface area contributed by atoms with E-state index in [-0.39, 0.29) is 5.97 Å². The third kappa shape index (κ3) is 5.81. The molecule has 1 aromatic heterocycles. The lowest BCUT2D eigenvalue weighted by atomic mass is 9.98. The minimum Gasteiger partial charge on any atom is -0.465 e. The number of nitrogens with zero attached hydrogens (tertiary/aromatic N) is 2. The molecular formula is C16H27N3O2. The second kappa shape index (κ2) is 8.74. The predicted octanol–water partition coefficient (Wildman–Crippen LogP) is 1.49. The largest absolute Gasteiger partial charge is 0.465 e. The number of pyridine rings is 1. The summed E-state index contributed by atoms with van der Waals surface area (Å²) >= 11 is 0. The molecule has 0 amide bonds. The van der Waals surface area contributed by atoms with E-state index in [9.17, 15) is 4.79 Å². The van der Waals surface area contributed by atoms with Crippen LogP contribution in [0.15, 0.2) is 24.5 Å². The highest BCUT2D eigenvalue weighted by atomic mass is 16.5. The Morgan fingerprint density at radius 2 is 2.05 bits per heavy atom. The van der Waals surface area contributed by atoms with Crippen molar-refractivity contribution in [1.82, 2.24) is 15.2 Å². The molecule has 118 valence electrons. The highest BCUT2D eigenvalue weighted by molar-refractivity contribution is 5.80. The van der Waals surface area contributed by atoms with Gasteiger partial charge in [-0.2, -0.15) is 0 Å². The summed E-state index contributed by atoms with van der Waals surface area (Å²) in [6.45, 7) is 5.92. The summed E-state index contributed by atoms with van der Waals surface area (Å²) < 4.78 is 5.13. The van der Waals surface area contributed by atoms with Crippen LogP contribution in [0.1, 0.15) is 25.8 Å². The summed E-state index contributed by atoms with van der Waals surface area (Å²) in [6, 6.07) is 4.06. The first-order valence-electron chi connectivity index (χ1n) is 7.45. The molecule has 0 aliphatic rings. The van der Waals surface area contributed by atoms with Crippen molar-refractivity contribution in [2.75, 3.05) is 33.8 Å². The van der Waals surface area contributed by atoms with Gasteiger partial charge in [0.1, 0.15) is 5.54 Å². The van der Waals surface area contributed by atoms with E-state index in [1.807, 2.05) is 38.4 Å². The van der Waals surface area contributed by atoms with Crippen molar-refractivity contribution in [3.63, 3.8) is 0 Å². The van der Waals surface area contributed by atoms with Crippen LogP contribution in [0.2, 0.25) is 0 Å². The number of hydrogen-bond acceptors (Lipinski definition) is 5. The van der Waals surface area contributed by atoms with E-state index in [4.69, 9.17) is 4.74 Å². The van der Waals surface area contributed by atoms with Gasteiger partial charge in [-0.1, -0.05) is 0 Å². The zero-order valence-corrected chi connectivity index (χ0v) is 13.6. The van der Waals surface area contributed by atoms with Gasteiger partial charge in [0.25, 0.3) is 0 Å². The second-order valence-electron chi connectivity index (χ2n) is 5.46. The number of aromatic nitrogens is 1. The van der Waals surface area contributed by atoms with Crippen molar-refractivity contribution in [2.24, 2.45) is 0 Å². The molecule has 1 atom stereocenters. The lowest BCUT2D eigenvalue weighted by Crippen LogP contribution is -2.50. The average molecular weight is 293 g/mol. The number of nitrogens with one attached hydrogen (secondary N) is 1. The van der Waals surface area contributed by atoms with Gasteiger partial charge in [-0.25, -0.2) is 0 Å². The Balaban J connectivity index is 2.40. The van der Waals surface area contributed by atoms with Crippen LogP contribution < -0.4 is 5.32 Å². The van der Waals surface area contributed by atoms with Gasteiger partial charge < -0.3 is 15.0 Å². The molecule has 0 aliphatic heterocycles. The SMILES string of the molecule is CCOC(=O)C(C)(CCN(C)CCc1ccncc1)NC. The molecule has 0 spiro atoms. The Morgan fingerprint density at radius 3 is 2.62 bits per heavy atom. The van der Waals surface area contributed by atoms with Crippen LogP contribution in [0.4, 0.5) is 0 Å². The van der Waals surface area contributed by atoms with Gasteiger partial charge >= 0.3 is 5.97 Å². The van der Waals surface area contributed by atoms with Crippen LogP contribution >= 0.6 is 0 Å². The molecule has 1 rings (SSSR count). The van der Waals surface area contributed by atoms with E-state index < -0.39 is 5.54 Å². The Bertz CT molecular complexity index is 425. The van der Waals surface area contributed by atoms with E-state index in [0.717, 1.165) is 25.9 Å². The van der Waals surface area contributed by atoms with Crippen LogP contribution in [-0.4, -0.2) is 55.2 Å². The van der Waals surface area contributed by atoms with Crippen LogP contribution in [0.5, 0.6) is 0 Å². The van der Waals surface area contributed by atoms with Gasteiger partial charge in [-0.3, -0.25) is 9.78 Å². The van der Waals surface area contributed by atoms with Crippen molar-refractivity contribution in [3.05, 3.63) is 30.1 Å². The molecule has 5 heteroatoms. The average Bonchev–Trinajstić information content (AvgIpc) is 2.51. The first-order chi connectivity index (χ1) is 10.0. The molecule has 0 radical (unpaired) electrons. The van der Waals surface area contributed by atoms with Gasteiger partial charge in [-0.05, 0) is 58.5 Å². The van der Waals surface area contributed by atoms with Crippen LogP contribution in [0.3, 0.4) is 0 Å². The van der Waals surface area contributed by atoms with E-state index in [0.29, 0.717) is 6.61 Å². The lowest BCUT2D eigenvalue weighted by molar-refractivity contribution is -0.150. The van der Waals surface area contributed by atoms with Crippen LogP contribution in [0, 0.1) is 0 Å². The van der Waals surface area contributed by atoms with E-state index >= 15 is 0 Å². The number of rotatable bonds is 9. The molecule has 0 fully saturated rings. The van der Waals surface area contributed by atoms with Crippen molar-refractivity contribution >= 4 is 5.97 Å². The van der Waals surface area contributed by atoms with Gasteiger partial charge in [0.15, 0.2) is 0 Å². The zero-order valence-electron chi connectivity index (χ0n) is 13.6. The third-order valence-corrected chi connectivity index (χ3v) is 3.80. The van der Waals surface area contributed by atoms with Crippen molar-refractivity contribution < 1.29 is 9.53 Å². The summed E-state index contributed by atoms with van der Waals surface area (Å²) in [5, 5.41) is 3.08. The minimum absolute atomic E-state index is 0.185. The molecule has 21 heavy (non-hydrogen) atoms. The van der Waals surface area contributed by atoms with E-state index in [2.05, 4.69) is 22.2 Å². The topological polar surface area (TPSA) is 54.5 Å². The highest BCUT2D eigenvalue weighted by Crippen LogP contribution is 2.12. The first kappa shape index (κ1) is 17.6. The Labute approximate surface area is 127 Å². The second-order valence-corrected chi connectivity index (χ2v) is 5.46. The Hall–Kier alpha value is -1.46. The number of likely N-dealkylation sites (N-methyl/N-ethyl adjacent to an activating group) is 2. The molecule has 0 aliphatic carbocycles. The van der Waals surface area contributed by atoms with E-state index in [1.54, 1.807) is 7.05 Å². The molecular weight excluding hydrogens is 266 g/mol. The minimum atomic E-state index is -0.624. The maximum absolute atomic E-state index is 12.0. The summed E-state index contributed by atoms with van der Waals surface area (Å²) in [7, 11) is 3.87. The van der Waals surface area contributed by atoms with Gasteiger partial charge in [0, 0.05) is 25.5 Å². The lowest BCUT2D eigenvalue weighted by Gasteiger charge is -2.29. The van der Waals surface area contributed by atoms with Gasteiger partial charge in [0.2, 0.25) is 0 Å². The van der Waals surface area contributed by atoms with Gasteiger partial charge in [-0.15, -0.1) is 0 Å². The van der Waals surface area contributed by atoms with Gasteiger partial charge in [0.05, 0.1) is 6.61 Å². The summed E-state index contributed by atoms with van der Waals surface area (Å²) in [5.41, 5.74) is 0.652. The Morgan fingerprint density at radius 1 is 1.38 bits per heavy atom. The predicted molar refractivity (Wildman–Crippen MR) is 84.2 cm³/mol. The summed E-state index contributed by atoms with van der Waals surface area (Å²) in [4.78, 5) is 18.2. The molecule has 5 nitrogen and oxygen atoms in total. The van der Waals surface area contributed by atoms with Crippen molar-refractivity contribution in [1.29, 1.82) is 0 Å². The molecule has 1 unspecified atom stereocenters. The first-order valence-corrected chi connectivity index (χ1v) is 7.45. The van der Waals surface area contributed by atoms with Crippen molar-refractivity contribution in [3.8, 4) is 0 Å². The third-order valence-electron chi connectivity index (χ3n) is 3.80. The van der Waals surface area contributed by atoms with Crippen molar-refractivity contribution in [2.45, 2.75) is 32.2 Å². The fourth-order valence-electron chi connectivity index (χ4n) is 2.02. The normalized spacial score (nSPS) is 14.0. The molecule has 0 saturated carbocycles. The molecule has 0 bridgehead atoms. The molecule has 1 aromatic rings. The smallest absolute Gasteiger partial charge is 0.326 e. The number of hydrogen-bond donors (Lipinski definition) is 1.